The normalized spacial score (nSPS) is 16.5. The Bertz CT molecular complexity index is 885. The van der Waals surface area contributed by atoms with Crippen LogP contribution in [-0.2, 0) is 27.2 Å². The molecule has 1 unspecified atom stereocenters. The molecule has 1 saturated heterocycles. The lowest BCUT2D eigenvalue weighted by Gasteiger charge is -2.16. The fraction of sp³-hybridized carbons (Fsp3) is 0.286. The van der Waals surface area contributed by atoms with Crippen molar-refractivity contribution in [3.8, 4) is 0 Å². The Labute approximate surface area is 167 Å². The van der Waals surface area contributed by atoms with Crippen molar-refractivity contribution in [1.82, 2.24) is 10.2 Å². The highest BCUT2D eigenvalue weighted by molar-refractivity contribution is 6.42. The minimum atomic E-state index is -0.994. The minimum absolute atomic E-state index is 0.0739. The van der Waals surface area contributed by atoms with E-state index in [1.54, 1.807) is 18.2 Å². The highest BCUT2D eigenvalue weighted by Crippen LogP contribution is 2.19. The van der Waals surface area contributed by atoms with Crippen LogP contribution in [0.5, 0.6) is 0 Å². The first kappa shape index (κ1) is 20.0. The maximum absolute atomic E-state index is 12.9. The summed E-state index contributed by atoms with van der Waals surface area (Å²) in [7, 11) is 0. The highest BCUT2D eigenvalue weighted by Gasteiger charge is 2.42. The van der Waals surface area contributed by atoms with Crippen LogP contribution >= 0.6 is 11.6 Å². The van der Waals surface area contributed by atoms with Gasteiger partial charge in [0.1, 0.15) is 11.7 Å². The van der Waals surface area contributed by atoms with E-state index in [0.717, 1.165) is 11.1 Å². The number of nitrogens with one attached hydrogen (secondary N) is 1. The largest absolute Gasteiger partial charge is 0.355 e. The van der Waals surface area contributed by atoms with Gasteiger partial charge in [0.05, 0.1) is 0 Å². The molecule has 0 aliphatic carbocycles. The van der Waals surface area contributed by atoms with Crippen molar-refractivity contribution in [2.45, 2.75) is 12.8 Å². The van der Waals surface area contributed by atoms with E-state index in [1.165, 1.54) is 17.0 Å². The first-order valence-electron chi connectivity index (χ1n) is 9.04. The first-order valence-corrected chi connectivity index (χ1v) is 9.42. The van der Waals surface area contributed by atoms with Crippen molar-refractivity contribution in [3.05, 3.63) is 70.5 Å². The predicted molar refractivity (Wildman–Crippen MR) is 103 cm³/mol. The first-order chi connectivity index (χ1) is 13.5. The molecule has 1 heterocycles. The van der Waals surface area contributed by atoms with E-state index >= 15 is 0 Å². The SMILES string of the molecule is O=C(NCCc1ccc(F)cc1)C1CN(CCc2ccccc2Cl)C(=O)C1=O. The zero-order chi connectivity index (χ0) is 20.1. The second-order valence-corrected chi connectivity index (χ2v) is 7.08. The van der Waals surface area contributed by atoms with Crippen LogP contribution in [0.2, 0.25) is 5.02 Å². The number of hydrogen-bond acceptors (Lipinski definition) is 3. The van der Waals surface area contributed by atoms with Crippen molar-refractivity contribution in [2.75, 3.05) is 19.6 Å². The van der Waals surface area contributed by atoms with Crippen molar-refractivity contribution in [1.29, 1.82) is 0 Å². The van der Waals surface area contributed by atoms with E-state index in [2.05, 4.69) is 5.32 Å². The summed E-state index contributed by atoms with van der Waals surface area (Å²) in [4.78, 5) is 38.1. The third-order valence-corrected chi connectivity index (χ3v) is 5.14. The predicted octanol–water partition coefficient (Wildman–Crippen LogP) is 2.41. The zero-order valence-corrected chi connectivity index (χ0v) is 15.9. The van der Waals surface area contributed by atoms with Crippen LogP contribution in [0.25, 0.3) is 0 Å². The van der Waals surface area contributed by atoms with E-state index in [0.29, 0.717) is 31.0 Å². The van der Waals surface area contributed by atoms with Crippen LogP contribution in [0.3, 0.4) is 0 Å². The smallest absolute Gasteiger partial charge is 0.290 e. The van der Waals surface area contributed by atoms with Gasteiger partial charge in [-0.2, -0.15) is 0 Å². The van der Waals surface area contributed by atoms with Gasteiger partial charge in [0.25, 0.3) is 5.91 Å². The van der Waals surface area contributed by atoms with Gasteiger partial charge in [-0.3, -0.25) is 14.4 Å². The second-order valence-electron chi connectivity index (χ2n) is 6.68. The van der Waals surface area contributed by atoms with E-state index in [4.69, 9.17) is 11.6 Å². The fourth-order valence-electron chi connectivity index (χ4n) is 3.15. The number of carbonyl (C=O) groups excluding carboxylic acids is 3. The molecule has 2 amide bonds. The lowest BCUT2D eigenvalue weighted by molar-refractivity contribution is -0.142. The summed E-state index contributed by atoms with van der Waals surface area (Å²) >= 11 is 6.11. The zero-order valence-electron chi connectivity index (χ0n) is 15.2. The van der Waals surface area contributed by atoms with Gasteiger partial charge in [-0.25, -0.2) is 4.39 Å². The van der Waals surface area contributed by atoms with Gasteiger partial charge in [-0.15, -0.1) is 0 Å². The molecule has 2 aromatic rings. The molecular formula is C21H20ClFN2O3. The summed E-state index contributed by atoms with van der Waals surface area (Å²) in [6.45, 7) is 0.709. The number of carbonyl (C=O) groups is 3. The average molecular weight is 403 g/mol. The van der Waals surface area contributed by atoms with Crippen LogP contribution in [-0.4, -0.2) is 42.1 Å². The van der Waals surface area contributed by atoms with Gasteiger partial charge >= 0.3 is 0 Å². The molecule has 7 heteroatoms. The summed E-state index contributed by atoms with van der Waals surface area (Å²) in [5, 5.41) is 3.30. The van der Waals surface area contributed by atoms with E-state index in [1.807, 2.05) is 18.2 Å². The monoisotopic (exact) mass is 402 g/mol. The fourth-order valence-corrected chi connectivity index (χ4v) is 3.38. The Kier molecular flexibility index (Phi) is 6.41. The molecule has 146 valence electrons. The number of nitrogens with zero attached hydrogens (tertiary/aromatic N) is 1. The maximum atomic E-state index is 12.9. The standard InChI is InChI=1S/C21H20ClFN2O3/c22-18-4-2-1-3-15(18)10-12-25-13-17(19(26)21(25)28)20(27)24-11-9-14-5-7-16(23)8-6-14/h1-8,17H,9-13H2,(H,24,27). The summed E-state index contributed by atoms with van der Waals surface area (Å²) < 4.78 is 12.9. The number of Topliss-reactive ketones (excluding diaryl/α,β-unsaturated/α-hetero) is 1. The molecule has 0 saturated carbocycles. The van der Waals surface area contributed by atoms with E-state index < -0.39 is 23.5 Å². The maximum Gasteiger partial charge on any atom is 0.290 e. The molecule has 3 rings (SSSR count). The van der Waals surface area contributed by atoms with Crippen LogP contribution in [0, 0.1) is 11.7 Å². The molecule has 0 spiro atoms. The number of ketones is 1. The summed E-state index contributed by atoms with van der Waals surface area (Å²) in [5.74, 6) is -3.09. The van der Waals surface area contributed by atoms with Gasteiger partial charge in [0, 0.05) is 24.7 Å². The molecule has 1 N–H and O–H groups in total. The summed E-state index contributed by atoms with van der Waals surface area (Å²) in [6.07, 6.45) is 1.02. The van der Waals surface area contributed by atoms with Crippen LogP contribution < -0.4 is 5.32 Å². The van der Waals surface area contributed by atoms with Crippen molar-refractivity contribution >= 4 is 29.2 Å². The van der Waals surface area contributed by atoms with Crippen molar-refractivity contribution < 1.29 is 18.8 Å². The molecule has 1 aliphatic heterocycles. The Morgan fingerprint density at radius 3 is 2.54 bits per heavy atom. The Balaban J connectivity index is 1.50. The third kappa shape index (κ3) is 4.75. The number of halogens is 2. The molecular weight excluding hydrogens is 383 g/mol. The number of rotatable bonds is 7. The van der Waals surface area contributed by atoms with Crippen LogP contribution in [0.4, 0.5) is 4.39 Å². The minimum Gasteiger partial charge on any atom is -0.355 e. The van der Waals surface area contributed by atoms with Gasteiger partial charge < -0.3 is 10.2 Å². The molecule has 5 nitrogen and oxygen atoms in total. The molecule has 2 aromatic carbocycles. The molecule has 0 bridgehead atoms. The lowest BCUT2D eigenvalue weighted by atomic mass is 10.1. The number of likely N-dealkylation sites (tertiary alicyclic amines) is 1. The van der Waals surface area contributed by atoms with Gasteiger partial charge in [0.15, 0.2) is 0 Å². The summed E-state index contributed by atoms with van der Waals surface area (Å²) in [5.41, 5.74) is 1.76. The third-order valence-electron chi connectivity index (χ3n) is 4.77. The topological polar surface area (TPSA) is 66.5 Å². The van der Waals surface area contributed by atoms with Crippen LogP contribution in [0.1, 0.15) is 11.1 Å². The van der Waals surface area contributed by atoms with E-state index in [9.17, 15) is 18.8 Å². The molecule has 1 aliphatic rings. The Morgan fingerprint density at radius 2 is 1.82 bits per heavy atom. The number of benzene rings is 2. The van der Waals surface area contributed by atoms with Gasteiger partial charge in [0.2, 0.25) is 11.7 Å². The van der Waals surface area contributed by atoms with Crippen molar-refractivity contribution in [3.63, 3.8) is 0 Å². The second kappa shape index (κ2) is 8.97. The molecule has 0 aromatic heterocycles. The number of hydrogen-bond donors (Lipinski definition) is 1. The van der Waals surface area contributed by atoms with Gasteiger partial charge in [-0.1, -0.05) is 41.9 Å². The van der Waals surface area contributed by atoms with Crippen molar-refractivity contribution in [2.24, 2.45) is 5.92 Å². The van der Waals surface area contributed by atoms with E-state index in [-0.39, 0.29) is 12.4 Å². The summed E-state index contributed by atoms with van der Waals surface area (Å²) in [6, 6.07) is 13.3. The highest BCUT2D eigenvalue weighted by atomic mass is 35.5. The number of amides is 2. The van der Waals surface area contributed by atoms with Gasteiger partial charge in [-0.05, 0) is 42.2 Å². The lowest BCUT2D eigenvalue weighted by Crippen LogP contribution is -2.36. The van der Waals surface area contributed by atoms with Crippen LogP contribution in [0.15, 0.2) is 48.5 Å². The molecule has 0 radical (unpaired) electrons. The molecule has 1 fully saturated rings. The quantitative estimate of drug-likeness (QED) is 0.571. The Morgan fingerprint density at radius 1 is 1.11 bits per heavy atom. The Hall–Kier alpha value is -2.73. The average Bonchev–Trinajstić information content (AvgIpc) is 2.97. The molecule has 28 heavy (non-hydrogen) atoms. The molecule has 1 atom stereocenters.